The zero-order chi connectivity index (χ0) is 22.9. The minimum atomic E-state index is -1.82. The van der Waals surface area contributed by atoms with E-state index < -0.39 is 7.80 Å². The fraction of sp³-hybridized carbons (Fsp3) is 0.143. The van der Waals surface area contributed by atoms with Gasteiger partial charge in [-0.1, -0.05) is 47.0 Å². The maximum absolute atomic E-state index is 13.8. The van der Waals surface area contributed by atoms with Crippen LogP contribution in [0.25, 0.3) is 22.3 Å². The van der Waals surface area contributed by atoms with Gasteiger partial charge in [-0.15, -0.1) is 0 Å². The highest BCUT2D eigenvalue weighted by Gasteiger charge is 2.30. The molecule has 5 nitrogen and oxygen atoms in total. The lowest BCUT2D eigenvalue weighted by atomic mass is 9.94. The first-order valence-corrected chi connectivity index (χ1v) is 12.5. The summed E-state index contributed by atoms with van der Waals surface area (Å²) in [5, 5.41) is 1.56. The van der Waals surface area contributed by atoms with Crippen LogP contribution in [0, 0.1) is 0 Å². The molecule has 0 amide bonds. The van der Waals surface area contributed by atoms with Gasteiger partial charge in [-0.25, -0.2) is 0 Å². The van der Waals surface area contributed by atoms with Gasteiger partial charge in [0.1, 0.15) is 26.4 Å². The lowest BCUT2D eigenvalue weighted by molar-refractivity contribution is 0.171. The minimum Gasteiger partial charge on any atom is -0.486 e. The molecule has 0 fully saturated rings. The van der Waals surface area contributed by atoms with Crippen LogP contribution in [0.15, 0.2) is 84.9 Å². The van der Waals surface area contributed by atoms with Gasteiger partial charge < -0.3 is 18.9 Å². The predicted molar refractivity (Wildman–Crippen MR) is 133 cm³/mol. The highest BCUT2D eigenvalue weighted by atomic mass is 31.1. The number of rotatable bonds is 4. The van der Waals surface area contributed by atoms with Crippen molar-refractivity contribution in [3.8, 4) is 45.3 Å². The molecule has 1 atom stereocenters. The van der Waals surface area contributed by atoms with Gasteiger partial charge in [0.25, 0.3) is 0 Å². The summed E-state index contributed by atoms with van der Waals surface area (Å²) in [6, 6.07) is 27.4. The monoisotopic (exact) mass is 469 g/mol. The molecule has 168 valence electrons. The summed E-state index contributed by atoms with van der Waals surface area (Å²) < 4.78 is 36.9. The Morgan fingerprint density at radius 3 is 1.82 bits per heavy atom. The van der Waals surface area contributed by atoms with Gasteiger partial charge in [0.15, 0.2) is 28.3 Å². The molecule has 0 aliphatic carbocycles. The zero-order valence-corrected chi connectivity index (χ0v) is 19.3. The average molecular weight is 469 g/mol. The largest absolute Gasteiger partial charge is 0.486 e. The molecule has 0 saturated heterocycles. The van der Waals surface area contributed by atoms with Gasteiger partial charge in [-0.2, -0.15) is 0 Å². The molecule has 0 radical (unpaired) electrons. The van der Waals surface area contributed by atoms with Crippen LogP contribution in [0.4, 0.5) is 0 Å². The van der Waals surface area contributed by atoms with Crippen molar-refractivity contribution in [1.82, 2.24) is 0 Å². The highest BCUT2D eigenvalue weighted by Crippen LogP contribution is 2.42. The van der Waals surface area contributed by atoms with Crippen LogP contribution in [0.5, 0.6) is 23.0 Å². The van der Waals surface area contributed by atoms with Gasteiger partial charge >= 0.3 is 7.80 Å². The Hall–Kier alpha value is -3.82. The molecule has 2 heterocycles. The average Bonchev–Trinajstić information content (AvgIpc) is 2.92. The summed E-state index contributed by atoms with van der Waals surface area (Å²) in [7, 11) is -1.82. The Morgan fingerprint density at radius 2 is 1.15 bits per heavy atom. The number of hydrogen-bond donors (Lipinski definition) is 0. The van der Waals surface area contributed by atoms with Crippen molar-refractivity contribution < 1.29 is 23.5 Å². The fourth-order valence-electron chi connectivity index (χ4n) is 4.37. The molecule has 0 N–H and O–H groups in total. The van der Waals surface area contributed by atoms with Crippen LogP contribution in [-0.2, 0) is 4.57 Å². The highest BCUT2D eigenvalue weighted by molar-refractivity contribution is 7.61. The molecule has 0 saturated carbocycles. The molecule has 1 unspecified atom stereocenters. The summed E-state index contributed by atoms with van der Waals surface area (Å²) in [5.74, 6) is 2.87. The maximum atomic E-state index is 13.8. The van der Waals surface area contributed by atoms with Crippen LogP contribution in [0.1, 0.15) is 0 Å². The first-order chi connectivity index (χ1) is 16.8. The van der Waals surface area contributed by atoms with E-state index >= 15 is 0 Å². The Bertz CT molecular complexity index is 1380. The van der Waals surface area contributed by atoms with E-state index in [1.807, 2.05) is 78.9 Å². The van der Waals surface area contributed by atoms with Crippen molar-refractivity contribution in [2.75, 3.05) is 26.4 Å². The second-order valence-electron chi connectivity index (χ2n) is 8.05. The second-order valence-corrected chi connectivity index (χ2v) is 9.63. The van der Waals surface area contributed by atoms with E-state index in [2.05, 4.69) is 6.07 Å². The van der Waals surface area contributed by atoms with E-state index in [0.29, 0.717) is 32.2 Å². The lowest BCUT2D eigenvalue weighted by Crippen LogP contribution is -2.16. The fourth-order valence-corrected chi connectivity index (χ4v) is 5.76. The number of ether oxygens (including phenoxy) is 4. The maximum Gasteiger partial charge on any atom is 0.415 e. The van der Waals surface area contributed by atoms with Crippen molar-refractivity contribution in [2.45, 2.75) is 0 Å². The second kappa shape index (κ2) is 8.85. The predicted octanol–water partition coefficient (Wildman–Crippen LogP) is 5.34. The van der Waals surface area contributed by atoms with E-state index in [4.69, 9.17) is 18.9 Å². The first kappa shape index (κ1) is 20.8. The first-order valence-electron chi connectivity index (χ1n) is 11.2. The summed E-state index contributed by atoms with van der Waals surface area (Å²) in [6.07, 6.45) is 0. The van der Waals surface area contributed by atoms with Crippen molar-refractivity contribution in [3.63, 3.8) is 0 Å². The Morgan fingerprint density at radius 1 is 0.559 bits per heavy atom. The third-order valence-electron chi connectivity index (χ3n) is 5.94. The van der Waals surface area contributed by atoms with Gasteiger partial charge in [0.2, 0.25) is 5.30 Å². The van der Waals surface area contributed by atoms with E-state index in [1.165, 1.54) is 0 Å². The topological polar surface area (TPSA) is 54.0 Å². The Kier molecular flexibility index (Phi) is 5.40. The molecule has 2 aliphatic heterocycles. The molecule has 0 spiro atoms. The molecule has 6 rings (SSSR count). The van der Waals surface area contributed by atoms with Crippen LogP contribution < -0.4 is 29.6 Å². The van der Waals surface area contributed by atoms with Gasteiger partial charge in [0.05, 0.1) is 0 Å². The van der Waals surface area contributed by atoms with Crippen LogP contribution >= 0.6 is 7.80 Å². The van der Waals surface area contributed by atoms with E-state index in [0.717, 1.165) is 50.1 Å². The van der Waals surface area contributed by atoms with E-state index in [9.17, 15) is 4.57 Å². The normalized spacial score (nSPS) is 14.4. The van der Waals surface area contributed by atoms with Gasteiger partial charge in [-0.05, 0) is 59.2 Å². The van der Waals surface area contributed by atoms with Crippen molar-refractivity contribution >= 4 is 18.4 Å². The standard InChI is InChI=1S/C28H22O5P/c29-34(21-5-2-1-3-6-21)27-8-4-7-22(19-9-11-23-25(17-19)32-15-13-30-23)28(27)20-10-12-24-26(18-20)33-16-14-31-24/h1-12,17-18H,13-16H2/q+1. The van der Waals surface area contributed by atoms with Crippen molar-refractivity contribution in [2.24, 2.45) is 0 Å². The molecule has 0 bridgehead atoms. The molecule has 6 heteroatoms. The minimum absolute atomic E-state index is 0.505. The van der Waals surface area contributed by atoms with E-state index in [-0.39, 0.29) is 0 Å². The lowest BCUT2D eigenvalue weighted by Gasteiger charge is -2.21. The summed E-state index contributed by atoms with van der Waals surface area (Å²) in [6.45, 7) is 2.10. The quantitative estimate of drug-likeness (QED) is 0.378. The molecule has 34 heavy (non-hydrogen) atoms. The summed E-state index contributed by atoms with van der Waals surface area (Å²) >= 11 is 0. The number of fused-ring (bicyclic) bond motifs is 2. The van der Waals surface area contributed by atoms with E-state index in [1.54, 1.807) is 0 Å². The van der Waals surface area contributed by atoms with Crippen LogP contribution in [-0.4, -0.2) is 26.4 Å². The molecular formula is C28H22O5P+. The third-order valence-corrected chi connectivity index (χ3v) is 7.51. The Labute approximate surface area is 198 Å². The smallest absolute Gasteiger partial charge is 0.415 e. The third kappa shape index (κ3) is 3.78. The molecule has 4 aromatic carbocycles. The summed E-state index contributed by atoms with van der Waals surface area (Å²) in [4.78, 5) is 0. The SMILES string of the molecule is O=[P+](c1ccccc1)c1cccc(-c2ccc3c(c2)OCCO3)c1-c1ccc2c(c1)OCCO2. The summed E-state index contributed by atoms with van der Waals surface area (Å²) in [5.41, 5.74) is 3.75. The molecular weight excluding hydrogens is 447 g/mol. The number of benzene rings is 4. The van der Waals surface area contributed by atoms with Crippen LogP contribution in [0.3, 0.4) is 0 Å². The van der Waals surface area contributed by atoms with Gasteiger partial charge in [-0.3, -0.25) is 0 Å². The zero-order valence-electron chi connectivity index (χ0n) is 18.4. The van der Waals surface area contributed by atoms with Crippen molar-refractivity contribution in [3.05, 3.63) is 84.9 Å². The van der Waals surface area contributed by atoms with Gasteiger partial charge in [0, 0.05) is 5.56 Å². The Balaban J connectivity index is 1.55. The van der Waals surface area contributed by atoms with Crippen LogP contribution in [0.2, 0.25) is 0 Å². The molecule has 4 aromatic rings. The molecule has 2 aliphatic rings. The molecule has 0 aromatic heterocycles. The van der Waals surface area contributed by atoms with Crippen molar-refractivity contribution in [1.29, 1.82) is 0 Å². The number of hydrogen-bond acceptors (Lipinski definition) is 5.